The van der Waals surface area contributed by atoms with Crippen molar-refractivity contribution in [3.8, 4) is 5.75 Å². The minimum absolute atomic E-state index is 0.188. The number of halogens is 1. The van der Waals surface area contributed by atoms with Gasteiger partial charge < -0.3 is 9.64 Å². The highest BCUT2D eigenvalue weighted by Crippen LogP contribution is 2.21. The van der Waals surface area contributed by atoms with Crippen LogP contribution in [0.15, 0.2) is 24.3 Å². The van der Waals surface area contributed by atoms with Gasteiger partial charge in [0.15, 0.2) is 11.6 Å². The lowest BCUT2D eigenvalue weighted by atomic mass is 9.99. The summed E-state index contributed by atoms with van der Waals surface area (Å²) in [4.78, 5) is 13.8. The van der Waals surface area contributed by atoms with Gasteiger partial charge in [-0.3, -0.25) is 4.79 Å². The summed E-state index contributed by atoms with van der Waals surface area (Å²) in [6, 6.07) is 6.43. The fourth-order valence-corrected chi connectivity index (χ4v) is 2.84. The van der Waals surface area contributed by atoms with Crippen LogP contribution in [0, 0.1) is 11.7 Å². The molecule has 1 amide bonds. The van der Waals surface area contributed by atoms with Gasteiger partial charge >= 0.3 is 0 Å². The maximum absolute atomic E-state index is 13.5. The Morgan fingerprint density at radius 1 is 1.50 bits per heavy atom. The second-order valence-corrected chi connectivity index (χ2v) is 5.89. The number of ether oxygens (including phenoxy) is 1. The van der Waals surface area contributed by atoms with E-state index >= 15 is 0 Å². The second-order valence-electron chi connectivity index (χ2n) is 5.02. The molecule has 2 rings (SSSR count). The highest BCUT2D eigenvalue weighted by Gasteiger charge is 2.23. The number of rotatable bonds is 5. The van der Waals surface area contributed by atoms with Crippen LogP contribution in [0.4, 0.5) is 4.39 Å². The molecule has 1 heterocycles. The third-order valence-electron chi connectivity index (χ3n) is 3.45. The van der Waals surface area contributed by atoms with Crippen LogP contribution in [-0.4, -0.2) is 42.5 Å². The van der Waals surface area contributed by atoms with Gasteiger partial charge in [-0.1, -0.05) is 12.1 Å². The molecule has 1 aromatic rings. The first-order valence-electron chi connectivity index (χ1n) is 6.84. The van der Waals surface area contributed by atoms with Gasteiger partial charge in [0.05, 0.1) is 12.4 Å². The predicted octanol–water partition coefficient (Wildman–Crippen LogP) is 2.81. The number of carbonyl (C=O) groups excluding carboxylic acids is 1. The fourth-order valence-electron chi connectivity index (χ4n) is 2.41. The second kappa shape index (κ2) is 7.53. The van der Waals surface area contributed by atoms with E-state index in [2.05, 4.69) is 0 Å². The molecule has 0 aliphatic carbocycles. The molecule has 0 N–H and O–H groups in total. The molecule has 1 aliphatic heterocycles. The molecular formula is C15H20FNO2S. The molecule has 0 saturated carbocycles. The quantitative estimate of drug-likeness (QED) is 0.837. The van der Waals surface area contributed by atoms with Crippen LogP contribution < -0.4 is 4.74 Å². The molecule has 0 bridgehead atoms. The van der Waals surface area contributed by atoms with Crippen molar-refractivity contribution in [2.45, 2.75) is 12.8 Å². The average Bonchev–Trinajstić information content (AvgIpc) is 2.47. The SMILES string of the molecule is CSCC(=O)N1CCC[C@@H](COc2ccccc2F)C1. The lowest BCUT2D eigenvalue weighted by molar-refractivity contribution is -0.130. The number of benzene rings is 1. The summed E-state index contributed by atoms with van der Waals surface area (Å²) in [6.45, 7) is 2.01. The molecule has 1 aromatic carbocycles. The lowest BCUT2D eigenvalue weighted by Crippen LogP contribution is -2.42. The van der Waals surface area contributed by atoms with Crippen molar-refractivity contribution in [2.75, 3.05) is 31.7 Å². The van der Waals surface area contributed by atoms with Gasteiger partial charge in [0, 0.05) is 19.0 Å². The third-order valence-corrected chi connectivity index (χ3v) is 3.99. The minimum atomic E-state index is -0.335. The van der Waals surface area contributed by atoms with Crippen LogP contribution in [-0.2, 0) is 4.79 Å². The molecule has 1 aliphatic rings. The number of hydrogen-bond acceptors (Lipinski definition) is 3. The number of amides is 1. The van der Waals surface area contributed by atoms with E-state index in [0.29, 0.717) is 24.7 Å². The summed E-state index contributed by atoms with van der Waals surface area (Å²) in [5, 5.41) is 0. The summed E-state index contributed by atoms with van der Waals surface area (Å²) in [7, 11) is 0. The zero-order valence-electron chi connectivity index (χ0n) is 11.7. The fraction of sp³-hybridized carbons (Fsp3) is 0.533. The number of nitrogens with zero attached hydrogens (tertiary/aromatic N) is 1. The van der Waals surface area contributed by atoms with Gasteiger partial charge in [-0.25, -0.2) is 4.39 Å². The molecule has 0 unspecified atom stereocenters. The van der Waals surface area contributed by atoms with E-state index < -0.39 is 0 Å². The van der Waals surface area contributed by atoms with E-state index in [1.807, 2.05) is 11.2 Å². The molecular weight excluding hydrogens is 277 g/mol. The number of hydrogen-bond donors (Lipinski definition) is 0. The Labute approximate surface area is 123 Å². The molecule has 3 nitrogen and oxygen atoms in total. The van der Waals surface area contributed by atoms with E-state index in [1.54, 1.807) is 30.0 Å². The third kappa shape index (κ3) is 4.13. The number of carbonyl (C=O) groups is 1. The summed E-state index contributed by atoms with van der Waals surface area (Å²) < 4.78 is 19.0. The van der Waals surface area contributed by atoms with Crippen molar-refractivity contribution in [1.82, 2.24) is 4.90 Å². The smallest absolute Gasteiger partial charge is 0.232 e. The van der Waals surface area contributed by atoms with Crippen LogP contribution >= 0.6 is 11.8 Å². The molecule has 20 heavy (non-hydrogen) atoms. The van der Waals surface area contributed by atoms with Crippen LogP contribution in [0.3, 0.4) is 0 Å². The largest absolute Gasteiger partial charge is 0.490 e. The number of piperidine rings is 1. The molecule has 5 heteroatoms. The predicted molar refractivity (Wildman–Crippen MR) is 79.6 cm³/mol. The van der Waals surface area contributed by atoms with Crippen molar-refractivity contribution >= 4 is 17.7 Å². The number of thioether (sulfide) groups is 1. The van der Waals surface area contributed by atoms with Gasteiger partial charge in [-0.15, -0.1) is 0 Å². The van der Waals surface area contributed by atoms with Crippen molar-refractivity contribution in [2.24, 2.45) is 5.92 Å². The topological polar surface area (TPSA) is 29.5 Å². The van der Waals surface area contributed by atoms with E-state index in [0.717, 1.165) is 19.4 Å². The average molecular weight is 297 g/mol. The molecule has 0 spiro atoms. The summed E-state index contributed by atoms with van der Waals surface area (Å²) in [5.74, 6) is 0.960. The van der Waals surface area contributed by atoms with Gasteiger partial charge in [0.2, 0.25) is 5.91 Å². The maximum atomic E-state index is 13.5. The highest BCUT2D eigenvalue weighted by atomic mass is 32.2. The van der Waals surface area contributed by atoms with Gasteiger partial charge in [-0.05, 0) is 31.2 Å². The highest BCUT2D eigenvalue weighted by molar-refractivity contribution is 7.99. The van der Waals surface area contributed by atoms with Crippen molar-refractivity contribution in [1.29, 1.82) is 0 Å². The first-order chi connectivity index (χ1) is 9.70. The van der Waals surface area contributed by atoms with E-state index in [4.69, 9.17) is 4.74 Å². The molecule has 0 radical (unpaired) electrons. The van der Waals surface area contributed by atoms with E-state index in [-0.39, 0.29) is 17.6 Å². The minimum Gasteiger partial charge on any atom is -0.490 e. The van der Waals surface area contributed by atoms with Gasteiger partial charge in [0.25, 0.3) is 0 Å². The first-order valence-corrected chi connectivity index (χ1v) is 8.24. The van der Waals surface area contributed by atoms with E-state index in [1.165, 1.54) is 6.07 Å². The maximum Gasteiger partial charge on any atom is 0.232 e. The van der Waals surface area contributed by atoms with Gasteiger partial charge in [0.1, 0.15) is 0 Å². The molecule has 1 fully saturated rings. The van der Waals surface area contributed by atoms with Crippen molar-refractivity contribution < 1.29 is 13.9 Å². The Kier molecular flexibility index (Phi) is 5.71. The Morgan fingerprint density at radius 3 is 3.05 bits per heavy atom. The summed E-state index contributed by atoms with van der Waals surface area (Å²) in [6.07, 6.45) is 3.95. The van der Waals surface area contributed by atoms with Crippen LogP contribution in [0.2, 0.25) is 0 Å². The summed E-state index contributed by atoms with van der Waals surface area (Å²) >= 11 is 1.54. The van der Waals surface area contributed by atoms with E-state index in [9.17, 15) is 9.18 Å². The zero-order valence-corrected chi connectivity index (χ0v) is 12.5. The Balaban J connectivity index is 1.84. The number of likely N-dealkylation sites (tertiary alicyclic amines) is 1. The Morgan fingerprint density at radius 2 is 2.30 bits per heavy atom. The standard InChI is InChI=1S/C15H20FNO2S/c1-20-11-15(18)17-8-4-5-12(9-17)10-19-14-7-3-2-6-13(14)16/h2-3,6-7,12H,4-5,8-11H2,1H3/t12-/m1/s1. The van der Waals surface area contributed by atoms with Crippen molar-refractivity contribution in [3.05, 3.63) is 30.1 Å². The molecule has 1 atom stereocenters. The first kappa shape index (κ1) is 15.2. The van der Waals surface area contributed by atoms with Crippen LogP contribution in [0.25, 0.3) is 0 Å². The zero-order chi connectivity index (χ0) is 14.4. The van der Waals surface area contributed by atoms with Crippen LogP contribution in [0.5, 0.6) is 5.75 Å². The van der Waals surface area contributed by atoms with Gasteiger partial charge in [-0.2, -0.15) is 11.8 Å². The Hall–Kier alpha value is -1.23. The molecule has 0 aromatic heterocycles. The summed E-state index contributed by atoms with van der Waals surface area (Å²) in [5.41, 5.74) is 0. The monoisotopic (exact) mass is 297 g/mol. The molecule has 110 valence electrons. The Bertz CT molecular complexity index is 455. The number of para-hydroxylation sites is 1. The molecule has 1 saturated heterocycles. The van der Waals surface area contributed by atoms with Crippen molar-refractivity contribution in [3.63, 3.8) is 0 Å². The van der Waals surface area contributed by atoms with Crippen LogP contribution in [0.1, 0.15) is 12.8 Å². The lowest BCUT2D eigenvalue weighted by Gasteiger charge is -2.32. The normalized spacial score (nSPS) is 18.9.